The van der Waals surface area contributed by atoms with Crippen LogP contribution in [0.1, 0.15) is 58.2 Å². The average Bonchev–Trinajstić information content (AvgIpc) is 2.91. The van der Waals surface area contributed by atoms with E-state index >= 15 is 0 Å². The van der Waals surface area contributed by atoms with Gasteiger partial charge >= 0.3 is 18.2 Å². The summed E-state index contributed by atoms with van der Waals surface area (Å²) in [5.74, 6) is -0.899. The molecule has 0 aliphatic rings. The molecule has 9 nitrogen and oxygen atoms in total. The van der Waals surface area contributed by atoms with E-state index in [1.165, 1.54) is 0 Å². The van der Waals surface area contributed by atoms with Crippen molar-refractivity contribution in [1.82, 2.24) is 10.4 Å². The van der Waals surface area contributed by atoms with Crippen LogP contribution >= 0.6 is 15.9 Å². The fraction of sp³-hybridized carbons (Fsp3) is 0.312. The van der Waals surface area contributed by atoms with E-state index in [-0.39, 0.29) is 6.61 Å². The maximum absolute atomic E-state index is 13.8. The molecule has 0 aliphatic carbocycles. The Labute approximate surface area is 255 Å². The van der Waals surface area contributed by atoms with Crippen molar-refractivity contribution >= 4 is 39.8 Å². The first-order valence-corrected chi connectivity index (χ1v) is 14.1. The van der Waals surface area contributed by atoms with Crippen molar-refractivity contribution in [2.45, 2.75) is 65.5 Å². The number of carbonyl (C=O) groups is 3. The number of esters is 1. The molecule has 3 rings (SSSR count). The fourth-order valence-corrected chi connectivity index (χ4v) is 3.84. The van der Waals surface area contributed by atoms with Crippen LogP contribution < -0.4 is 5.43 Å². The standard InChI is InChI=1S/C32H36BrN3O6/c1-31(2,3)41-29(38)35-36(30(39)42-32(4,5)6)27(28(37)40-21-22-17-19-25(33)20-18-22)34-26(23-13-9-7-10-14-23)24-15-11-8-12-16-24/h7-20,27H,21H2,1-6H3,(H,35,38). The van der Waals surface area contributed by atoms with Crippen LogP contribution in [-0.4, -0.2) is 46.2 Å². The Hall–Kier alpha value is -4.18. The lowest BCUT2D eigenvalue weighted by atomic mass is 10.0. The molecule has 10 heteroatoms. The molecule has 1 unspecified atom stereocenters. The highest BCUT2D eigenvalue weighted by Crippen LogP contribution is 2.19. The predicted octanol–water partition coefficient (Wildman–Crippen LogP) is 7.03. The van der Waals surface area contributed by atoms with Gasteiger partial charge in [-0.3, -0.25) is 0 Å². The molecule has 0 heterocycles. The van der Waals surface area contributed by atoms with Crippen LogP contribution in [0.15, 0.2) is 94.4 Å². The lowest BCUT2D eigenvalue weighted by molar-refractivity contribution is -0.152. The highest BCUT2D eigenvalue weighted by molar-refractivity contribution is 9.10. The van der Waals surface area contributed by atoms with Gasteiger partial charge < -0.3 is 14.2 Å². The van der Waals surface area contributed by atoms with Crippen molar-refractivity contribution < 1.29 is 28.6 Å². The summed E-state index contributed by atoms with van der Waals surface area (Å²) in [7, 11) is 0. The average molecular weight is 639 g/mol. The van der Waals surface area contributed by atoms with Gasteiger partial charge in [0.25, 0.3) is 0 Å². The Balaban J connectivity index is 2.13. The number of halogens is 1. The summed E-state index contributed by atoms with van der Waals surface area (Å²) in [6.07, 6.45) is -3.68. The first kappa shape index (κ1) is 32.3. The number of carbonyl (C=O) groups excluding carboxylic acids is 3. The third-order valence-corrected chi connectivity index (χ3v) is 5.83. The summed E-state index contributed by atoms with van der Waals surface area (Å²) in [5.41, 5.74) is 2.99. The minimum absolute atomic E-state index is 0.0985. The van der Waals surface area contributed by atoms with Gasteiger partial charge in [-0.15, -0.1) is 0 Å². The Morgan fingerprint density at radius 1 is 0.786 bits per heavy atom. The topological polar surface area (TPSA) is 107 Å². The van der Waals surface area contributed by atoms with E-state index in [1.54, 1.807) is 53.7 Å². The van der Waals surface area contributed by atoms with E-state index in [4.69, 9.17) is 19.2 Å². The van der Waals surface area contributed by atoms with Crippen LogP contribution in [0, 0.1) is 0 Å². The van der Waals surface area contributed by atoms with E-state index in [2.05, 4.69) is 21.4 Å². The number of rotatable bonds is 7. The first-order valence-electron chi connectivity index (χ1n) is 13.3. The number of nitrogens with zero attached hydrogens (tertiary/aromatic N) is 2. The van der Waals surface area contributed by atoms with Gasteiger partial charge in [-0.25, -0.2) is 24.8 Å². The predicted molar refractivity (Wildman–Crippen MR) is 164 cm³/mol. The van der Waals surface area contributed by atoms with Gasteiger partial charge in [0, 0.05) is 15.6 Å². The fourth-order valence-electron chi connectivity index (χ4n) is 3.57. The highest BCUT2D eigenvalue weighted by Gasteiger charge is 2.37. The van der Waals surface area contributed by atoms with Crippen LogP contribution in [0.2, 0.25) is 0 Å². The molecule has 0 radical (unpaired) electrons. The minimum atomic E-state index is -1.68. The third-order valence-electron chi connectivity index (χ3n) is 5.30. The normalized spacial score (nSPS) is 12.0. The number of ether oxygens (including phenoxy) is 3. The monoisotopic (exact) mass is 637 g/mol. The maximum atomic E-state index is 13.8. The van der Waals surface area contributed by atoms with Crippen molar-refractivity contribution in [1.29, 1.82) is 0 Å². The van der Waals surface area contributed by atoms with Gasteiger partial charge in [0.05, 0.1) is 5.71 Å². The molecule has 3 aromatic carbocycles. The molecule has 0 spiro atoms. The molecule has 3 aromatic rings. The second-order valence-electron chi connectivity index (χ2n) is 11.3. The Morgan fingerprint density at radius 3 is 1.76 bits per heavy atom. The number of hydrogen-bond donors (Lipinski definition) is 1. The molecular formula is C32H36BrN3O6. The summed E-state index contributed by atoms with van der Waals surface area (Å²) in [6.45, 7) is 9.93. The van der Waals surface area contributed by atoms with Crippen molar-refractivity contribution in [3.8, 4) is 0 Å². The van der Waals surface area contributed by atoms with Gasteiger partial charge in [0.15, 0.2) is 0 Å². The van der Waals surface area contributed by atoms with Gasteiger partial charge in [0.2, 0.25) is 6.17 Å². The van der Waals surface area contributed by atoms with Crippen molar-refractivity contribution in [2.24, 2.45) is 4.99 Å². The molecule has 0 saturated heterocycles. The van der Waals surface area contributed by atoms with Crippen molar-refractivity contribution in [3.05, 3.63) is 106 Å². The maximum Gasteiger partial charge on any atom is 0.431 e. The molecule has 1 atom stereocenters. The van der Waals surface area contributed by atoms with Crippen molar-refractivity contribution in [3.63, 3.8) is 0 Å². The zero-order chi connectivity index (χ0) is 30.9. The van der Waals surface area contributed by atoms with Gasteiger partial charge in [-0.1, -0.05) is 88.7 Å². The largest absolute Gasteiger partial charge is 0.458 e. The number of aliphatic imine (C=N–C) groups is 1. The Kier molecular flexibility index (Phi) is 10.9. The van der Waals surface area contributed by atoms with E-state index in [1.807, 2.05) is 72.8 Å². The van der Waals surface area contributed by atoms with Crippen LogP contribution in [0.5, 0.6) is 0 Å². The first-order chi connectivity index (χ1) is 19.7. The highest BCUT2D eigenvalue weighted by atomic mass is 79.9. The summed E-state index contributed by atoms with van der Waals surface area (Å²) in [4.78, 5) is 45.0. The SMILES string of the molecule is CC(C)(C)OC(=O)NN(C(=O)OC(C)(C)C)C(N=C(c1ccccc1)c1ccccc1)C(=O)OCc1ccc(Br)cc1. The lowest BCUT2D eigenvalue weighted by Gasteiger charge is -2.31. The molecule has 0 aromatic heterocycles. The number of hydrazine groups is 1. The van der Waals surface area contributed by atoms with Crippen molar-refractivity contribution in [2.75, 3.05) is 0 Å². The Bertz CT molecular complexity index is 1340. The van der Waals surface area contributed by atoms with Gasteiger partial charge in [-0.05, 0) is 59.2 Å². The quantitative estimate of drug-likeness (QED) is 0.129. The van der Waals surface area contributed by atoms with Crippen LogP contribution in [0.25, 0.3) is 0 Å². The number of hydrogen-bond acceptors (Lipinski definition) is 7. The molecule has 222 valence electrons. The van der Waals surface area contributed by atoms with Gasteiger partial charge in [0.1, 0.15) is 17.8 Å². The summed E-state index contributed by atoms with van der Waals surface area (Å²) in [5, 5.41) is 0.703. The summed E-state index contributed by atoms with van der Waals surface area (Å²) < 4.78 is 17.5. The van der Waals surface area contributed by atoms with E-state index in [9.17, 15) is 14.4 Å². The summed E-state index contributed by atoms with van der Waals surface area (Å²) >= 11 is 3.39. The molecule has 1 N–H and O–H groups in total. The molecule has 0 saturated carbocycles. The second-order valence-corrected chi connectivity index (χ2v) is 12.2. The van der Waals surface area contributed by atoms with Crippen LogP contribution in [0.4, 0.5) is 9.59 Å². The second kappa shape index (κ2) is 14.1. The molecule has 42 heavy (non-hydrogen) atoms. The lowest BCUT2D eigenvalue weighted by Crippen LogP contribution is -2.56. The van der Waals surface area contributed by atoms with E-state index in [0.29, 0.717) is 27.4 Å². The molecule has 0 bridgehead atoms. The third kappa shape index (κ3) is 10.3. The minimum Gasteiger partial charge on any atom is -0.458 e. The zero-order valence-electron chi connectivity index (χ0n) is 24.6. The smallest absolute Gasteiger partial charge is 0.431 e. The molecule has 0 aliphatic heterocycles. The number of nitrogens with one attached hydrogen (secondary N) is 1. The van der Waals surface area contributed by atoms with Crippen LogP contribution in [0.3, 0.4) is 0 Å². The number of amides is 2. The molecule has 0 fully saturated rings. The molecule has 2 amide bonds. The van der Waals surface area contributed by atoms with Gasteiger partial charge in [-0.2, -0.15) is 5.01 Å². The molecular weight excluding hydrogens is 602 g/mol. The van der Waals surface area contributed by atoms with E-state index in [0.717, 1.165) is 4.47 Å². The number of benzene rings is 3. The zero-order valence-corrected chi connectivity index (χ0v) is 26.2. The summed E-state index contributed by atoms with van der Waals surface area (Å²) in [6, 6.07) is 25.6. The van der Waals surface area contributed by atoms with E-state index < -0.39 is 35.5 Å². The van der Waals surface area contributed by atoms with Crippen LogP contribution in [-0.2, 0) is 25.6 Å². The Morgan fingerprint density at radius 2 is 1.29 bits per heavy atom.